The van der Waals surface area contributed by atoms with Crippen LogP contribution in [-0.2, 0) is 12.7 Å². The van der Waals surface area contributed by atoms with E-state index in [0.29, 0.717) is 24.8 Å². The molecule has 1 fully saturated rings. The summed E-state index contributed by atoms with van der Waals surface area (Å²) in [6.07, 6.45) is 0.201. The first-order chi connectivity index (χ1) is 11.0. The molecule has 2 aromatic rings. The topological polar surface area (TPSA) is 39.1 Å². The van der Waals surface area contributed by atoms with Crippen molar-refractivity contribution in [2.75, 3.05) is 19.7 Å². The second kappa shape index (κ2) is 6.62. The van der Waals surface area contributed by atoms with Crippen molar-refractivity contribution in [1.29, 1.82) is 0 Å². The molecule has 1 saturated heterocycles. The van der Waals surface area contributed by atoms with E-state index in [4.69, 9.17) is 4.74 Å². The van der Waals surface area contributed by atoms with Crippen molar-refractivity contribution in [2.24, 2.45) is 5.92 Å². The molecule has 0 spiro atoms. The lowest BCUT2D eigenvalue weighted by Crippen LogP contribution is -2.15. The fourth-order valence-corrected chi connectivity index (χ4v) is 2.56. The number of aromatic nitrogens is 2. The Labute approximate surface area is 132 Å². The summed E-state index contributed by atoms with van der Waals surface area (Å²) in [6, 6.07) is 5.11. The van der Waals surface area contributed by atoms with Crippen LogP contribution >= 0.6 is 0 Å². The van der Waals surface area contributed by atoms with Gasteiger partial charge in [-0.25, -0.2) is 0 Å². The smallest absolute Gasteiger partial charge is 0.416 e. The van der Waals surface area contributed by atoms with Gasteiger partial charge in [0.2, 0.25) is 0 Å². The van der Waals surface area contributed by atoms with E-state index in [-0.39, 0.29) is 0 Å². The number of hydrogen-bond donors (Lipinski definition) is 1. The van der Waals surface area contributed by atoms with Gasteiger partial charge < -0.3 is 10.1 Å². The number of nitrogens with zero attached hydrogens (tertiary/aromatic N) is 2. The summed E-state index contributed by atoms with van der Waals surface area (Å²) in [5.74, 6) is 1.21. The molecule has 1 aromatic heterocycles. The minimum Gasteiger partial charge on any atom is -0.490 e. The Morgan fingerprint density at radius 3 is 2.70 bits per heavy atom. The van der Waals surface area contributed by atoms with Gasteiger partial charge in [0.25, 0.3) is 0 Å². The van der Waals surface area contributed by atoms with Gasteiger partial charge in [-0.15, -0.1) is 0 Å². The number of rotatable bonds is 5. The molecule has 1 aromatic carbocycles. The van der Waals surface area contributed by atoms with Gasteiger partial charge in [-0.05, 0) is 30.7 Å². The highest BCUT2D eigenvalue weighted by atomic mass is 19.4. The summed E-state index contributed by atoms with van der Waals surface area (Å²) in [5, 5.41) is 7.46. The van der Waals surface area contributed by atoms with Crippen molar-refractivity contribution in [1.82, 2.24) is 15.1 Å². The molecule has 0 saturated carbocycles. The Hall–Kier alpha value is -2.02. The summed E-state index contributed by atoms with van der Waals surface area (Å²) < 4.78 is 44.9. The van der Waals surface area contributed by atoms with E-state index >= 15 is 0 Å². The third kappa shape index (κ3) is 4.25. The van der Waals surface area contributed by atoms with Crippen molar-refractivity contribution in [3.05, 3.63) is 47.8 Å². The van der Waals surface area contributed by atoms with Gasteiger partial charge >= 0.3 is 6.18 Å². The molecule has 4 nitrogen and oxygen atoms in total. The average molecular weight is 325 g/mol. The van der Waals surface area contributed by atoms with E-state index in [0.717, 1.165) is 37.2 Å². The second-order valence-electron chi connectivity index (χ2n) is 5.74. The zero-order valence-corrected chi connectivity index (χ0v) is 12.5. The highest BCUT2D eigenvalue weighted by Crippen LogP contribution is 2.29. The van der Waals surface area contributed by atoms with Crippen molar-refractivity contribution >= 4 is 0 Å². The Kier molecular flexibility index (Phi) is 4.56. The van der Waals surface area contributed by atoms with Gasteiger partial charge in [0.05, 0.1) is 31.1 Å². The Morgan fingerprint density at radius 2 is 2.04 bits per heavy atom. The molecule has 0 amide bonds. The van der Waals surface area contributed by atoms with Gasteiger partial charge in [-0.2, -0.15) is 18.3 Å². The molecule has 1 atom stereocenters. The number of nitrogens with one attached hydrogen (secondary N) is 1. The Balaban J connectivity index is 1.55. The van der Waals surface area contributed by atoms with E-state index in [9.17, 15) is 13.2 Å². The van der Waals surface area contributed by atoms with Crippen LogP contribution in [0.15, 0.2) is 36.7 Å². The number of alkyl halides is 3. The molecule has 0 radical (unpaired) electrons. The summed E-state index contributed by atoms with van der Waals surface area (Å²) in [6.45, 7) is 3.06. The first kappa shape index (κ1) is 15.9. The minimum absolute atomic E-state index is 0.409. The van der Waals surface area contributed by atoms with Crippen LogP contribution in [0.2, 0.25) is 0 Å². The van der Waals surface area contributed by atoms with E-state index < -0.39 is 11.7 Å². The Bertz CT molecular complexity index is 631. The van der Waals surface area contributed by atoms with Crippen LogP contribution in [0.3, 0.4) is 0 Å². The normalized spacial score (nSPS) is 18.3. The third-order valence-corrected chi connectivity index (χ3v) is 3.88. The van der Waals surface area contributed by atoms with Gasteiger partial charge in [0.15, 0.2) is 5.75 Å². The molecule has 0 bridgehead atoms. The van der Waals surface area contributed by atoms with E-state index in [1.54, 1.807) is 17.1 Å². The quantitative estimate of drug-likeness (QED) is 0.919. The van der Waals surface area contributed by atoms with Crippen LogP contribution in [0, 0.1) is 5.92 Å². The molecule has 1 aliphatic rings. The van der Waals surface area contributed by atoms with Crippen molar-refractivity contribution < 1.29 is 17.9 Å². The molecule has 124 valence electrons. The largest absolute Gasteiger partial charge is 0.490 e. The maximum Gasteiger partial charge on any atom is 0.416 e. The van der Waals surface area contributed by atoms with E-state index in [1.807, 2.05) is 0 Å². The average Bonchev–Trinajstić information content (AvgIpc) is 3.16. The molecule has 7 heteroatoms. The predicted molar refractivity (Wildman–Crippen MR) is 79.2 cm³/mol. The number of benzene rings is 1. The first-order valence-corrected chi connectivity index (χ1v) is 7.53. The summed E-state index contributed by atoms with van der Waals surface area (Å²) in [4.78, 5) is 0. The lowest BCUT2D eigenvalue weighted by Gasteiger charge is -2.09. The summed E-state index contributed by atoms with van der Waals surface area (Å²) in [5.41, 5.74) is 0.114. The zero-order chi connectivity index (χ0) is 16.3. The molecular formula is C16H18F3N3O. The van der Waals surface area contributed by atoms with Crippen molar-refractivity contribution in [3.8, 4) is 5.75 Å². The molecule has 0 aliphatic carbocycles. The number of ether oxygens (including phenoxy) is 1. The first-order valence-electron chi connectivity index (χ1n) is 7.53. The van der Waals surface area contributed by atoms with E-state index in [2.05, 4.69) is 10.4 Å². The fraction of sp³-hybridized carbons (Fsp3) is 0.438. The second-order valence-corrected chi connectivity index (χ2v) is 5.74. The summed E-state index contributed by atoms with van der Waals surface area (Å²) >= 11 is 0. The molecular weight excluding hydrogens is 307 g/mol. The number of halogens is 3. The monoisotopic (exact) mass is 325 g/mol. The Morgan fingerprint density at radius 1 is 1.26 bits per heavy atom. The standard InChI is InChI=1S/C16H18F3N3O/c17-16(18,19)14-3-1-12(2-4-14)9-22-10-15(8-21-22)23-11-13-5-6-20-7-13/h1-4,8,10,13,20H,5-7,9,11H2. The molecule has 1 aliphatic heterocycles. The van der Waals surface area contributed by atoms with E-state index in [1.165, 1.54) is 12.1 Å². The lowest BCUT2D eigenvalue weighted by molar-refractivity contribution is -0.137. The highest BCUT2D eigenvalue weighted by molar-refractivity contribution is 5.25. The summed E-state index contributed by atoms with van der Waals surface area (Å²) in [7, 11) is 0. The maximum absolute atomic E-state index is 12.5. The highest BCUT2D eigenvalue weighted by Gasteiger charge is 2.29. The van der Waals surface area contributed by atoms with Crippen LogP contribution in [-0.4, -0.2) is 29.5 Å². The maximum atomic E-state index is 12.5. The fourth-order valence-electron chi connectivity index (χ4n) is 2.56. The predicted octanol–water partition coefficient (Wildman–Crippen LogP) is 2.94. The van der Waals surface area contributed by atoms with Crippen LogP contribution in [0.1, 0.15) is 17.5 Å². The molecule has 1 N–H and O–H groups in total. The molecule has 2 heterocycles. The zero-order valence-electron chi connectivity index (χ0n) is 12.5. The van der Waals surface area contributed by atoms with Crippen molar-refractivity contribution in [3.63, 3.8) is 0 Å². The van der Waals surface area contributed by atoms with Gasteiger partial charge in [0, 0.05) is 12.5 Å². The lowest BCUT2D eigenvalue weighted by atomic mass is 10.1. The van der Waals surface area contributed by atoms with Crippen molar-refractivity contribution in [2.45, 2.75) is 19.1 Å². The minimum atomic E-state index is -4.31. The SMILES string of the molecule is FC(F)(F)c1ccc(Cn2cc(OCC3CCNC3)cn2)cc1. The third-order valence-electron chi connectivity index (χ3n) is 3.88. The van der Waals surface area contributed by atoms with Gasteiger partial charge in [0.1, 0.15) is 0 Å². The van der Waals surface area contributed by atoms with Crippen LogP contribution in [0.5, 0.6) is 5.75 Å². The van der Waals surface area contributed by atoms with Crippen LogP contribution in [0.25, 0.3) is 0 Å². The number of hydrogen-bond acceptors (Lipinski definition) is 3. The molecule has 3 rings (SSSR count). The van der Waals surface area contributed by atoms with Crippen LogP contribution in [0.4, 0.5) is 13.2 Å². The molecule has 23 heavy (non-hydrogen) atoms. The van der Waals surface area contributed by atoms with Gasteiger partial charge in [-0.3, -0.25) is 4.68 Å². The van der Waals surface area contributed by atoms with Gasteiger partial charge in [-0.1, -0.05) is 12.1 Å². The molecule has 1 unspecified atom stereocenters. The van der Waals surface area contributed by atoms with Crippen LogP contribution < -0.4 is 10.1 Å².